The van der Waals surface area contributed by atoms with E-state index in [2.05, 4.69) is 10.3 Å². The Kier molecular flexibility index (Phi) is 7.86. The van der Waals surface area contributed by atoms with Crippen LogP contribution in [0.25, 0.3) is 0 Å². The molecule has 2 N–H and O–H groups in total. The van der Waals surface area contributed by atoms with E-state index in [0.29, 0.717) is 28.6 Å². The van der Waals surface area contributed by atoms with Crippen LogP contribution in [0.3, 0.4) is 0 Å². The number of fused-ring (bicyclic) bond motifs is 9. The first kappa shape index (κ1) is 32.6. The van der Waals surface area contributed by atoms with Crippen LogP contribution in [0, 0.1) is 36.5 Å². The standard InChI is InChI=1S/C36H30F3N3O6S2/c1-16-6-5-7-18(12-16)40-25(43)15-48-23-11-10-17(13-24(23)47-2)26-27-19-14-20(30(27)49-32-31(26)50-35(46)41-32)29-28(19)33(44)42(34(29)45)22-9-4-3-8-21(22)36(37,38)39/h3-13,19-20,26-30H,14-15H2,1-2H3,(H,40,43)(H,41,46)/t19-,20-,26+,27-,28+,29+,30-/m1/s1. The first-order valence-corrected chi connectivity index (χ1v) is 17.7. The summed E-state index contributed by atoms with van der Waals surface area (Å²) in [5.74, 6) is -3.48. The molecule has 3 amide bonds. The van der Waals surface area contributed by atoms with Gasteiger partial charge in [-0.2, -0.15) is 13.2 Å². The lowest BCUT2D eigenvalue weighted by molar-refractivity contribution is -0.137. The molecule has 3 aromatic carbocycles. The summed E-state index contributed by atoms with van der Waals surface area (Å²) in [6.07, 6.45) is -4.17. The molecule has 258 valence electrons. The first-order valence-electron chi connectivity index (χ1n) is 16.1. The number of imide groups is 1. The summed E-state index contributed by atoms with van der Waals surface area (Å²) in [6, 6.07) is 17.4. The number of nitrogens with one attached hydrogen (secondary N) is 2. The van der Waals surface area contributed by atoms with E-state index in [-0.39, 0.29) is 46.3 Å². The number of benzene rings is 3. The monoisotopic (exact) mass is 721 g/mol. The summed E-state index contributed by atoms with van der Waals surface area (Å²) >= 11 is 2.57. The SMILES string of the molecule is COc1cc([C@@H]2c3sc(=O)[nH]c3S[C@@H]3[C@@H]4C[C@@H]([C@@H]5C(=O)N(c6ccccc6C(F)(F)F)C(=O)[C@@H]45)[C@H]23)ccc1OCC(=O)Nc1cccc(C)c1. The molecule has 0 radical (unpaired) electrons. The molecule has 0 spiro atoms. The first-order chi connectivity index (χ1) is 23.9. The number of aromatic amines is 1. The van der Waals surface area contributed by atoms with Crippen LogP contribution in [0.1, 0.15) is 33.9 Å². The van der Waals surface area contributed by atoms with Gasteiger partial charge in [0.1, 0.15) is 0 Å². The van der Waals surface area contributed by atoms with E-state index >= 15 is 0 Å². The number of hydrogen-bond acceptors (Lipinski definition) is 8. The smallest absolute Gasteiger partial charge is 0.418 e. The highest BCUT2D eigenvalue weighted by Crippen LogP contribution is 2.69. The van der Waals surface area contributed by atoms with Crippen molar-refractivity contribution in [3.05, 3.63) is 98.0 Å². The minimum atomic E-state index is -4.75. The van der Waals surface area contributed by atoms with Crippen LogP contribution in [-0.2, 0) is 20.6 Å². The molecule has 3 heterocycles. The Morgan fingerprint density at radius 1 is 0.980 bits per heavy atom. The van der Waals surface area contributed by atoms with Crippen LogP contribution < -0.4 is 24.6 Å². The molecule has 8 rings (SSSR count). The van der Waals surface area contributed by atoms with Crippen molar-refractivity contribution in [2.45, 2.75) is 35.7 Å². The van der Waals surface area contributed by atoms with Gasteiger partial charge in [0.2, 0.25) is 11.8 Å². The predicted octanol–water partition coefficient (Wildman–Crippen LogP) is 6.47. The lowest BCUT2D eigenvalue weighted by Crippen LogP contribution is -2.42. The van der Waals surface area contributed by atoms with Crippen LogP contribution >= 0.6 is 23.1 Å². The molecule has 2 aliphatic carbocycles. The molecule has 50 heavy (non-hydrogen) atoms. The van der Waals surface area contributed by atoms with Gasteiger partial charge in [-0.25, -0.2) is 4.90 Å². The van der Waals surface area contributed by atoms with Crippen molar-refractivity contribution in [3.63, 3.8) is 0 Å². The second kappa shape index (κ2) is 12.0. The Bertz CT molecular complexity index is 2110. The molecule has 14 heteroatoms. The highest BCUT2D eigenvalue weighted by atomic mass is 32.2. The summed E-state index contributed by atoms with van der Waals surface area (Å²) in [5.41, 5.74) is 0.979. The lowest BCUT2D eigenvalue weighted by atomic mass is 9.68. The van der Waals surface area contributed by atoms with E-state index in [1.54, 1.807) is 18.2 Å². The zero-order valence-electron chi connectivity index (χ0n) is 26.7. The quantitative estimate of drug-likeness (QED) is 0.210. The number of para-hydroxylation sites is 1. The van der Waals surface area contributed by atoms with E-state index in [9.17, 15) is 32.3 Å². The van der Waals surface area contributed by atoms with Crippen molar-refractivity contribution in [1.82, 2.24) is 4.98 Å². The topological polar surface area (TPSA) is 118 Å². The maximum absolute atomic E-state index is 14.0. The van der Waals surface area contributed by atoms with Crippen LogP contribution in [0.15, 0.2) is 76.6 Å². The molecule has 4 aromatic rings. The van der Waals surface area contributed by atoms with E-state index in [1.165, 1.54) is 37.1 Å². The Morgan fingerprint density at radius 2 is 1.74 bits per heavy atom. The van der Waals surface area contributed by atoms with E-state index in [0.717, 1.165) is 38.3 Å². The van der Waals surface area contributed by atoms with Gasteiger partial charge in [-0.15, -0.1) is 11.8 Å². The maximum atomic E-state index is 14.0. The number of rotatable bonds is 7. The van der Waals surface area contributed by atoms with Gasteiger partial charge in [0, 0.05) is 21.7 Å². The van der Waals surface area contributed by atoms with Gasteiger partial charge in [0.25, 0.3) is 5.91 Å². The van der Waals surface area contributed by atoms with Gasteiger partial charge in [0.15, 0.2) is 18.1 Å². The number of anilines is 2. The largest absolute Gasteiger partial charge is 0.493 e. The second-order valence-corrected chi connectivity index (χ2v) is 15.3. The fourth-order valence-electron chi connectivity index (χ4n) is 8.60. The number of aryl methyl sites for hydroxylation is 1. The zero-order chi connectivity index (χ0) is 35.1. The van der Waals surface area contributed by atoms with Crippen molar-refractivity contribution in [3.8, 4) is 11.5 Å². The highest BCUT2D eigenvalue weighted by Gasteiger charge is 2.70. The Balaban J connectivity index is 1.10. The van der Waals surface area contributed by atoms with Gasteiger partial charge in [-0.1, -0.05) is 41.7 Å². The minimum Gasteiger partial charge on any atom is -0.493 e. The van der Waals surface area contributed by atoms with E-state index < -0.39 is 41.1 Å². The number of H-pyrrole nitrogens is 1. The lowest BCUT2D eigenvalue weighted by Gasteiger charge is -2.43. The number of amides is 3. The second-order valence-electron chi connectivity index (χ2n) is 13.1. The fourth-order valence-corrected chi connectivity index (χ4v) is 11.5. The van der Waals surface area contributed by atoms with Crippen molar-refractivity contribution in [1.29, 1.82) is 0 Å². The molecule has 1 aromatic heterocycles. The molecule has 0 unspecified atom stereocenters. The summed E-state index contributed by atoms with van der Waals surface area (Å²) < 4.78 is 53.5. The Hall–Kier alpha value is -4.56. The van der Waals surface area contributed by atoms with Crippen LogP contribution in [0.2, 0.25) is 0 Å². The molecule has 3 fully saturated rings. The number of carbonyl (C=O) groups excluding carboxylic acids is 3. The molecule has 4 aliphatic rings. The average Bonchev–Trinajstić information content (AvgIpc) is 3.82. The number of halogens is 3. The number of nitrogens with zero attached hydrogens (tertiary/aromatic N) is 1. The van der Waals surface area contributed by atoms with Gasteiger partial charge in [-0.05, 0) is 78.6 Å². The molecule has 2 saturated carbocycles. The van der Waals surface area contributed by atoms with Gasteiger partial charge in [0.05, 0.1) is 35.2 Å². The third-order valence-electron chi connectivity index (χ3n) is 10.4. The maximum Gasteiger partial charge on any atom is 0.418 e. The van der Waals surface area contributed by atoms with Crippen molar-refractivity contribution >= 4 is 52.2 Å². The molecular formula is C36H30F3N3O6S2. The van der Waals surface area contributed by atoms with Gasteiger partial charge >= 0.3 is 11.0 Å². The summed E-state index contributed by atoms with van der Waals surface area (Å²) in [5, 5.41) is 3.34. The molecule has 7 atom stereocenters. The summed E-state index contributed by atoms with van der Waals surface area (Å²) in [4.78, 5) is 57.6. The minimum absolute atomic E-state index is 0.161. The Labute approximate surface area is 292 Å². The molecular weight excluding hydrogens is 692 g/mol. The number of hydrogen-bond donors (Lipinski definition) is 2. The average molecular weight is 722 g/mol. The van der Waals surface area contributed by atoms with Crippen LogP contribution in [-0.4, -0.2) is 41.7 Å². The predicted molar refractivity (Wildman–Crippen MR) is 181 cm³/mol. The molecule has 2 aliphatic heterocycles. The number of alkyl halides is 3. The van der Waals surface area contributed by atoms with E-state index in [1.807, 2.05) is 31.2 Å². The van der Waals surface area contributed by atoms with Crippen molar-refractivity contribution in [2.24, 2.45) is 29.6 Å². The van der Waals surface area contributed by atoms with Gasteiger partial charge < -0.3 is 19.8 Å². The third kappa shape index (κ3) is 5.22. The van der Waals surface area contributed by atoms with Crippen molar-refractivity contribution in [2.75, 3.05) is 23.9 Å². The molecule has 1 saturated heterocycles. The number of carbonyl (C=O) groups is 3. The number of thiazole rings is 1. The zero-order valence-corrected chi connectivity index (χ0v) is 28.3. The third-order valence-corrected chi connectivity index (χ3v) is 13.0. The molecule has 9 nitrogen and oxygen atoms in total. The number of thioether (sulfide) groups is 1. The Morgan fingerprint density at radius 3 is 2.48 bits per heavy atom. The van der Waals surface area contributed by atoms with Crippen LogP contribution in [0.5, 0.6) is 11.5 Å². The highest BCUT2D eigenvalue weighted by molar-refractivity contribution is 8.00. The number of aromatic nitrogens is 1. The summed E-state index contributed by atoms with van der Waals surface area (Å²) in [7, 11) is 1.48. The van der Waals surface area contributed by atoms with Crippen LogP contribution in [0.4, 0.5) is 24.5 Å². The van der Waals surface area contributed by atoms with Gasteiger partial charge in [-0.3, -0.25) is 19.2 Å². The summed E-state index contributed by atoms with van der Waals surface area (Å²) in [6.45, 7) is 1.66. The number of ether oxygens (including phenoxy) is 2. The normalized spacial score (nSPS) is 26.4. The van der Waals surface area contributed by atoms with E-state index in [4.69, 9.17) is 9.47 Å². The van der Waals surface area contributed by atoms with Crippen molar-refractivity contribution < 1.29 is 37.0 Å². The number of methoxy groups -OCH3 is 1. The fraction of sp³-hybridized carbons (Fsp3) is 0.333. The molecule has 2 bridgehead atoms.